The minimum atomic E-state index is -0.0844. The Balaban J connectivity index is 2.01. The van der Waals surface area contributed by atoms with Crippen LogP contribution in [0.2, 0.25) is 0 Å². The molecule has 1 saturated carbocycles. The average molecular weight is 228 g/mol. The molecule has 2 fully saturated rings. The highest BCUT2D eigenvalue weighted by atomic mass is 16.5. The molecular formula is C12H20O4. The second-order valence-corrected chi connectivity index (χ2v) is 4.67. The molecule has 0 aromatic carbocycles. The normalized spacial score (nSPS) is 38.9. The topological polar surface area (TPSA) is 44.8 Å². The molecule has 2 rings (SSSR count). The molecule has 0 N–H and O–H groups in total. The highest BCUT2D eigenvalue weighted by Crippen LogP contribution is 2.38. The summed E-state index contributed by atoms with van der Waals surface area (Å²) in [6.07, 6.45) is 4.13. The third kappa shape index (κ3) is 2.23. The summed E-state index contributed by atoms with van der Waals surface area (Å²) in [6, 6.07) is 0. The predicted molar refractivity (Wildman–Crippen MR) is 58.0 cm³/mol. The van der Waals surface area contributed by atoms with Gasteiger partial charge in [0.15, 0.2) is 0 Å². The van der Waals surface area contributed by atoms with Gasteiger partial charge in [0.1, 0.15) is 0 Å². The maximum atomic E-state index is 11.5. The maximum absolute atomic E-state index is 11.5. The second-order valence-electron chi connectivity index (χ2n) is 4.67. The lowest BCUT2D eigenvalue weighted by atomic mass is 9.75. The first-order chi connectivity index (χ1) is 7.76. The van der Waals surface area contributed by atoms with E-state index in [2.05, 4.69) is 0 Å². The number of esters is 1. The average Bonchev–Trinajstić information content (AvgIpc) is 2.36. The zero-order valence-corrected chi connectivity index (χ0v) is 9.98. The van der Waals surface area contributed by atoms with Gasteiger partial charge in [-0.25, -0.2) is 0 Å². The van der Waals surface area contributed by atoms with E-state index < -0.39 is 0 Å². The summed E-state index contributed by atoms with van der Waals surface area (Å²) in [5, 5.41) is 0. The summed E-state index contributed by atoms with van der Waals surface area (Å²) in [6.45, 7) is 0.780. The molecule has 4 unspecified atom stereocenters. The number of rotatable bonds is 2. The molecule has 0 bridgehead atoms. The predicted octanol–water partition coefficient (Wildman–Crippen LogP) is 1.38. The molecule has 0 radical (unpaired) electrons. The number of hydrogen-bond donors (Lipinski definition) is 0. The molecule has 92 valence electrons. The van der Waals surface area contributed by atoms with Gasteiger partial charge in [0.05, 0.1) is 25.2 Å². The van der Waals surface area contributed by atoms with Crippen LogP contribution in [0.25, 0.3) is 0 Å². The van der Waals surface area contributed by atoms with Gasteiger partial charge >= 0.3 is 5.97 Å². The van der Waals surface area contributed by atoms with Crippen LogP contribution in [-0.4, -0.2) is 39.0 Å². The third-order valence-corrected chi connectivity index (χ3v) is 3.88. The first-order valence-corrected chi connectivity index (χ1v) is 5.98. The fourth-order valence-electron chi connectivity index (χ4n) is 3.00. The minimum absolute atomic E-state index is 0.0330. The second kappa shape index (κ2) is 5.15. The van der Waals surface area contributed by atoms with Crippen LogP contribution in [0.1, 0.15) is 25.7 Å². The van der Waals surface area contributed by atoms with Crippen molar-refractivity contribution in [2.45, 2.75) is 37.9 Å². The van der Waals surface area contributed by atoms with E-state index in [1.165, 1.54) is 7.11 Å². The van der Waals surface area contributed by atoms with E-state index in [1.54, 1.807) is 7.11 Å². The van der Waals surface area contributed by atoms with Crippen LogP contribution in [0.15, 0.2) is 0 Å². The van der Waals surface area contributed by atoms with Crippen molar-refractivity contribution in [3.8, 4) is 0 Å². The van der Waals surface area contributed by atoms with Crippen molar-refractivity contribution in [2.75, 3.05) is 20.8 Å². The molecule has 4 heteroatoms. The van der Waals surface area contributed by atoms with Crippen molar-refractivity contribution in [3.05, 3.63) is 0 Å². The lowest BCUT2D eigenvalue weighted by Gasteiger charge is -2.42. The Kier molecular flexibility index (Phi) is 3.82. The lowest BCUT2D eigenvalue weighted by Crippen LogP contribution is -2.45. The monoisotopic (exact) mass is 228 g/mol. The summed E-state index contributed by atoms with van der Waals surface area (Å²) in [4.78, 5) is 11.5. The van der Waals surface area contributed by atoms with Crippen LogP contribution >= 0.6 is 0 Å². The Bertz CT molecular complexity index is 247. The number of methoxy groups -OCH3 is 2. The summed E-state index contributed by atoms with van der Waals surface area (Å²) in [5.41, 5.74) is 0. The standard InChI is InChI=1S/C12H20O4/c1-14-10-5-6-16-11-4-3-8(7-9(10)11)12(13)15-2/h8-11H,3-7H2,1-2H3. The van der Waals surface area contributed by atoms with Crippen molar-refractivity contribution in [1.29, 1.82) is 0 Å². The zero-order chi connectivity index (χ0) is 11.5. The molecule has 1 heterocycles. The number of ether oxygens (including phenoxy) is 3. The van der Waals surface area contributed by atoms with Crippen LogP contribution in [0.4, 0.5) is 0 Å². The highest BCUT2D eigenvalue weighted by molar-refractivity contribution is 5.72. The van der Waals surface area contributed by atoms with Crippen LogP contribution in [0, 0.1) is 11.8 Å². The summed E-state index contributed by atoms with van der Waals surface area (Å²) in [5.74, 6) is 0.307. The highest BCUT2D eigenvalue weighted by Gasteiger charge is 2.41. The molecule has 1 aliphatic heterocycles. The lowest BCUT2D eigenvalue weighted by molar-refractivity contribution is -0.157. The third-order valence-electron chi connectivity index (χ3n) is 3.88. The van der Waals surface area contributed by atoms with Gasteiger partial charge in [-0.15, -0.1) is 0 Å². The van der Waals surface area contributed by atoms with Crippen LogP contribution in [0.5, 0.6) is 0 Å². The molecule has 0 spiro atoms. The Hall–Kier alpha value is -0.610. The SMILES string of the molecule is COC(=O)C1CCC2OCCC(OC)C2C1. The van der Waals surface area contributed by atoms with Gasteiger partial charge in [0, 0.05) is 19.6 Å². The van der Waals surface area contributed by atoms with Crippen molar-refractivity contribution >= 4 is 5.97 Å². The van der Waals surface area contributed by atoms with Gasteiger partial charge in [0.2, 0.25) is 0 Å². The van der Waals surface area contributed by atoms with Crippen LogP contribution in [0.3, 0.4) is 0 Å². The number of carbonyl (C=O) groups excluding carboxylic acids is 1. The Morgan fingerprint density at radius 1 is 1.25 bits per heavy atom. The van der Waals surface area contributed by atoms with Gasteiger partial charge in [-0.1, -0.05) is 0 Å². The van der Waals surface area contributed by atoms with E-state index in [0.29, 0.717) is 5.92 Å². The summed E-state index contributed by atoms with van der Waals surface area (Å²) >= 11 is 0. The van der Waals surface area contributed by atoms with E-state index >= 15 is 0 Å². The maximum Gasteiger partial charge on any atom is 0.308 e. The van der Waals surface area contributed by atoms with Crippen molar-refractivity contribution in [3.63, 3.8) is 0 Å². The van der Waals surface area contributed by atoms with E-state index in [0.717, 1.165) is 32.3 Å². The molecule has 2 aliphatic rings. The Morgan fingerprint density at radius 3 is 2.75 bits per heavy atom. The molecule has 0 aromatic rings. The van der Waals surface area contributed by atoms with Crippen LogP contribution < -0.4 is 0 Å². The number of carbonyl (C=O) groups is 1. The summed E-state index contributed by atoms with van der Waals surface area (Å²) in [7, 11) is 3.20. The van der Waals surface area contributed by atoms with Gasteiger partial charge in [0.25, 0.3) is 0 Å². The van der Waals surface area contributed by atoms with Gasteiger partial charge < -0.3 is 14.2 Å². The van der Waals surface area contributed by atoms with Crippen molar-refractivity contribution < 1.29 is 19.0 Å². The van der Waals surface area contributed by atoms with Crippen LogP contribution in [-0.2, 0) is 19.0 Å². The van der Waals surface area contributed by atoms with E-state index in [4.69, 9.17) is 14.2 Å². The molecular weight excluding hydrogens is 208 g/mol. The van der Waals surface area contributed by atoms with Gasteiger partial charge in [-0.2, -0.15) is 0 Å². The molecule has 0 aromatic heterocycles. The number of fused-ring (bicyclic) bond motifs is 1. The van der Waals surface area contributed by atoms with Crippen molar-refractivity contribution in [2.24, 2.45) is 11.8 Å². The smallest absolute Gasteiger partial charge is 0.308 e. The molecule has 1 aliphatic carbocycles. The van der Waals surface area contributed by atoms with Gasteiger partial charge in [-0.3, -0.25) is 4.79 Å². The Morgan fingerprint density at radius 2 is 2.06 bits per heavy atom. The zero-order valence-electron chi connectivity index (χ0n) is 9.98. The van der Waals surface area contributed by atoms with Gasteiger partial charge in [-0.05, 0) is 25.7 Å². The minimum Gasteiger partial charge on any atom is -0.469 e. The fraction of sp³-hybridized carbons (Fsp3) is 0.917. The van der Waals surface area contributed by atoms with Crippen molar-refractivity contribution in [1.82, 2.24) is 0 Å². The Labute approximate surface area is 96.2 Å². The largest absolute Gasteiger partial charge is 0.469 e. The van der Waals surface area contributed by atoms with E-state index in [9.17, 15) is 4.79 Å². The number of hydrogen-bond acceptors (Lipinski definition) is 4. The quantitative estimate of drug-likeness (QED) is 0.670. The molecule has 4 nitrogen and oxygen atoms in total. The molecule has 16 heavy (non-hydrogen) atoms. The fourth-order valence-corrected chi connectivity index (χ4v) is 3.00. The van der Waals surface area contributed by atoms with E-state index in [1.807, 2.05) is 0 Å². The molecule has 4 atom stereocenters. The molecule has 1 saturated heterocycles. The summed E-state index contributed by atoms with van der Waals surface area (Å²) < 4.78 is 16.1. The molecule has 0 amide bonds. The first-order valence-electron chi connectivity index (χ1n) is 5.98. The first kappa shape index (κ1) is 11.9. The van der Waals surface area contributed by atoms with E-state index in [-0.39, 0.29) is 24.1 Å².